The van der Waals surface area contributed by atoms with Crippen LogP contribution in [0.15, 0.2) is 12.4 Å². The zero-order valence-corrected chi connectivity index (χ0v) is 14.2. The van der Waals surface area contributed by atoms with Crippen LogP contribution in [0.2, 0.25) is 0 Å². The summed E-state index contributed by atoms with van der Waals surface area (Å²) in [5.41, 5.74) is 1.13. The van der Waals surface area contributed by atoms with Gasteiger partial charge in [0.1, 0.15) is 5.82 Å². The van der Waals surface area contributed by atoms with Crippen LogP contribution in [0, 0.1) is 11.8 Å². The van der Waals surface area contributed by atoms with Gasteiger partial charge in [0, 0.05) is 31.4 Å². The normalized spacial score (nSPS) is 17.5. The maximum Gasteiger partial charge on any atom is 0.147 e. The standard InChI is InChI=1S/C17H30N4/c1-13(2)14-6-8-21(9-7-14)16-12-18-10-15(20-16)11-19-17(3,4)5/h10,12-14,19H,6-9,11H2,1-5H3. The van der Waals surface area contributed by atoms with Gasteiger partial charge in [-0.25, -0.2) is 4.98 Å². The minimum absolute atomic E-state index is 0.104. The van der Waals surface area contributed by atoms with Crippen LogP contribution in [0.5, 0.6) is 0 Å². The molecule has 0 aromatic carbocycles. The van der Waals surface area contributed by atoms with E-state index in [-0.39, 0.29) is 5.54 Å². The zero-order valence-electron chi connectivity index (χ0n) is 14.2. The quantitative estimate of drug-likeness (QED) is 0.924. The molecule has 0 amide bonds. The molecule has 1 aliphatic heterocycles. The number of piperidine rings is 1. The number of nitrogens with one attached hydrogen (secondary N) is 1. The van der Waals surface area contributed by atoms with E-state index in [4.69, 9.17) is 4.98 Å². The Morgan fingerprint density at radius 1 is 1.24 bits per heavy atom. The average molecular weight is 290 g/mol. The average Bonchev–Trinajstić information content (AvgIpc) is 2.45. The topological polar surface area (TPSA) is 41.1 Å². The van der Waals surface area contributed by atoms with Crippen molar-refractivity contribution in [3.05, 3.63) is 18.1 Å². The maximum atomic E-state index is 4.77. The molecule has 2 heterocycles. The van der Waals surface area contributed by atoms with E-state index in [0.717, 1.165) is 43.0 Å². The van der Waals surface area contributed by atoms with Crippen LogP contribution in [-0.2, 0) is 6.54 Å². The molecule has 118 valence electrons. The van der Waals surface area contributed by atoms with Crippen LogP contribution in [0.25, 0.3) is 0 Å². The molecule has 0 radical (unpaired) electrons. The first-order valence-electron chi connectivity index (χ1n) is 8.16. The van der Waals surface area contributed by atoms with Crippen molar-refractivity contribution >= 4 is 5.82 Å². The van der Waals surface area contributed by atoms with Gasteiger partial charge in [0.05, 0.1) is 11.9 Å². The molecule has 21 heavy (non-hydrogen) atoms. The molecule has 1 aliphatic rings. The molecule has 0 bridgehead atoms. The van der Waals surface area contributed by atoms with Gasteiger partial charge in [-0.3, -0.25) is 4.98 Å². The summed E-state index contributed by atoms with van der Waals surface area (Å²) in [7, 11) is 0. The number of hydrogen-bond donors (Lipinski definition) is 1. The largest absolute Gasteiger partial charge is 0.355 e. The van der Waals surface area contributed by atoms with Crippen molar-refractivity contribution in [2.45, 2.75) is 59.5 Å². The van der Waals surface area contributed by atoms with Gasteiger partial charge in [-0.15, -0.1) is 0 Å². The second kappa shape index (κ2) is 6.73. The Kier molecular flexibility index (Phi) is 5.20. The van der Waals surface area contributed by atoms with Crippen LogP contribution in [0.1, 0.15) is 53.2 Å². The fraction of sp³-hybridized carbons (Fsp3) is 0.765. The number of anilines is 1. The van der Waals surface area contributed by atoms with E-state index in [1.165, 1.54) is 12.8 Å². The van der Waals surface area contributed by atoms with Gasteiger partial charge in [-0.2, -0.15) is 0 Å². The van der Waals surface area contributed by atoms with E-state index in [0.29, 0.717) is 0 Å². The number of hydrogen-bond acceptors (Lipinski definition) is 4. The van der Waals surface area contributed by atoms with Gasteiger partial charge in [0.2, 0.25) is 0 Å². The molecule has 0 atom stereocenters. The molecule has 4 nitrogen and oxygen atoms in total. The molecule has 0 saturated carbocycles. The molecule has 2 rings (SSSR count). The maximum absolute atomic E-state index is 4.77. The summed E-state index contributed by atoms with van der Waals surface area (Å²) in [4.78, 5) is 11.5. The lowest BCUT2D eigenvalue weighted by atomic mass is 9.87. The summed E-state index contributed by atoms with van der Waals surface area (Å²) in [5, 5.41) is 3.47. The molecule has 4 heteroatoms. The van der Waals surface area contributed by atoms with Gasteiger partial charge >= 0.3 is 0 Å². The van der Waals surface area contributed by atoms with E-state index in [2.05, 4.69) is 49.8 Å². The van der Waals surface area contributed by atoms with E-state index < -0.39 is 0 Å². The first-order valence-corrected chi connectivity index (χ1v) is 8.16. The van der Waals surface area contributed by atoms with Crippen molar-refractivity contribution in [1.82, 2.24) is 15.3 Å². The van der Waals surface area contributed by atoms with Gasteiger partial charge in [-0.05, 0) is 45.4 Å². The monoisotopic (exact) mass is 290 g/mol. The van der Waals surface area contributed by atoms with Gasteiger partial charge in [-0.1, -0.05) is 13.8 Å². The molecule has 1 N–H and O–H groups in total. The predicted molar refractivity (Wildman–Crippen MR) is 88.4 cm³/mol. The number of nitrogens with zero attached hydrogens (tertiary/aromatic N) is 3. The Labute approximate surface area is 129 Å². The molecule has 0 spiro atoms. The Balaban J connectivity index is 1.95. The summed E-state index contributed by atoms with van der Waals surface area (Å²) in [6.45, 7) is 14.1. The zero-order chi connectivity index (χ0) is 15.5. The lowest BCUT2D eigenvalue weighted by Gasteiger charge is -2.34. The highest BCUT2D eigenvalue weighted by Crippen LogP contribution is 2.26. The molecule has 0 aliphatic carbocycles. The highest BCUT2D eigenvalue weighted by atomic mass is 15.2. The Morgan fingerprint density at radius 2 is 1.90 bits per heavy atom. The summed E-state index contributed by atoms with van der Waals surface area (Å²) in [6.07, 6.45) is 6.30. The van der Waals surface area contributed by atoms with E-state index in [1.807, 2.05) is 12.4 Å². The SMILES string of the molecule is CC(C)C1CCN(c2cncc(CNC(C)(C)C)n2)CC1. The smallest absolute Gasteiger partial charge is 0.147 e. The van der Waals surface area contributed by atoms with Crippen LogP contribution >= 0.6 is 0 Å². The summed E-state index contributed by atoms with van der Waals surface area (Å²) < 4.78 is 0. The highest BCUT2D eigenvalue weighted by molar-refractivity contribution is 5.36. The highest BCUT2D eigenvalue weighted by Gasteiger charge is 2.22. The first kappa shape index (κ1) is 16.2. The molecular weight excluding hydrogens is 260 g/mol. The second-order valence-electron chi connectivity index (χ2n) is 7.54. The van der Waals surface area contributed by atoms with E-state index in [9.17, 15) is 0 Å². The third kappa shape index (κ3) is 4.95. The lowest BCUT2D eigenvalue weighted by Crippen LogP contribution is -2.37. The fourth-order valence-corrected chi connectivity index (χ4v) is 2.78. The van der Waals surface area contributed by atoms with Gasteiger partial charge in [0.25, 0.3) is 0 Å². The van der Waals surface area contributed by atoms with Crippen LogP contribution in [0.3, 0.4) is 0 Å². The van der Waals surface area contributed by atoms with Crippen molar-refractivity contribution in [2.24, 2.45) is 11.8 Å². The van der Waals surface area contributed by atoms with Crippen molar-refractivity contribution < 1.29 is 0 Å². The molecular formula is C17H30N4. The third-order valence-electron chi connectivity index (χ3n) is 4.28. The van der Waals surface area contributed by atoms with Crippen LogP contribution in [0.4, 0.5) is 5.82 Å². The Morgan fingerprint density at radius 3 is 2.48 bits per heavy atom. The number of rotatable bonds is 4. The minimum Gasteiger partial charge on any atom is -0.355 e. The predicted octanol–water partition coefficient (Wildman–Crippen LogP) is 3.24. The Bertz CT molecular complexity index is 442. The van der Waals surface area contributed by atoms with E-state index in [1.54, 1.807) is 0 Å². The fourth-order valence-electron chi connectivity index (χ4n) is 2.78. The molecule has 1 fully saturated rings. The Hall–Kier alpha value is -1.16. The van der Waals surface area contributed by atoms with Crippen LogP contribution in [-0.4, -0.2) is 28.6 Å². The third-order valence-corrected chi connectivity index (χ3v) is 4.28. The van der Waals surface area contributed by atoms with E-state index >= 15 is 0 Å². The van der Waals surface area contributed by atoms with Crippen molar-refractivity contribution in [1.29, 1.82) is 0 Å². The summed E-state index contributed by atoms with van der Waals surface area (Å²) in [6, 6.07) is 0. The summed E-state index contributed by atoms with van der Waals surface area (Å²) >= 11 is 0. The van der Waals surface area contributed by atoms with Crippen LogP contribution < -0.4 is 10.2 Å². The van der Waals surface area contributed by atoms with Crippen molar-refractivity contribution in [3.63, 3.8) is 0 Å². The summed E-state index contributed by atoms with van der Waals surface area (Å²) in [5.74, 6) is 2.69. The molecule has 1 aromatic rings. The molecule has 0 unspecified atom stereocenters. The minimum atomic E-state index is 0.104. The van der Waals surface area contributed by atoms with Crippen molar-refractivity contribution in [2.75, 3.05) is 18.0 Å². The van der Waals surface area contributed by atoms with Gasteiger partial charge < -0.3 is 10.2 Å². The van der Waals surface area contributed by atoms with Crippen molar-refractivity contribution in [3.8, 4) is 0 Å². The first-order chi connectivity index (χ1) is 9.85. The second-order valence-corrected chi connectivity index (χ2v) is 7.54. The molecule has 1 aromatic heterocycles. The lowest BCUT2D eigenvalue weighted by molar-refractivity contribution is 0.310. The van der Waals surface area contributed by atoms with Gasteiger partial charge in [0.15, 0.2) is 0 Å². The molecule has 1 saturated heterocycles. The number of aromatic nitrogens is 2.